The van der Waals surface area contributed by atoms with E-state index in [0.29, 0.717) is 5.92 Å². The molecule has 0 radical (unpaired) electrons. The monoisotopic (exact) mass is 658 g/mol. The van der Waals surface area contributed by atoms with Gasteiger partial charge in [-0.1, -0.05) is 123 Å². The van der Waals surface area contributed by atoms with Crippen molar-refractivity contribution in [1.29, 1.82) is 0 Å². The first-order valence-corrected chi connectivity index (χ1v) is 18.6. The summed E-state index contributed by atoms with van der Waals surface area (Å²) in [6.07, 6.45) is 2.13. The third-order valence-electron chi connectivity index (χ3n) is 11.7. The molecule has 2 heteroatoms. The Morgan fingerprint density at radius 1 is 0.520 bits per heavy atom. The molecule has 0 spiro atoms. The molecule has 0 amide bonds. The Hall–Kier alpha value is -5.44. The summed E-state index contributed by atoms with van der Waals surface area (Å²) in [5, 5.41) is 5.04. The molecule has 1 nitrogen and oxygen atoms in total. The van der Waals surface area contributed by atoms with Crippen LogP contribution in [0.1, 0.15) is 54.0 Å². The van der Waals surface area contributed by atoms with Gasteiger partial charge < -0.3 is 4.42 Å². The van der Waals surface area contributed by atoms with E-state index >= 15 is 0 Å². The second-order valence-corrected chi connectivity index (χ2v) is 15.8. The first-order valence-electron chi connectivity index (χ1n) is 17.8. The first-order chi connectivity index (χ1) is 24.5. The van der Waals surface area contributed by atoms with Crippen LogP contribution in [0.15, 0.2) is 144 Å². The topological polar surface area (TPSA) is 13.1 Å². The van der Waals surface area contributed by atoms with Crippen LogP contribution in [0.3, 0.4) is 0 Å². The van der Waals surface area contributed by atoms with Crippen molar-refractivity contribution >= 4 is 53.4 Å². The highest BCUT2D eigenvalue weighted by Gasteiger charge is 2.38. The molecule has 2 heterocycles. The predicted octanol–water partition coefficient (Wildman–Crippen LogP) is 13.7. The normalized spacial score (nSPS) is 15.5. The molecule has 1 atom stereocenters. The summed E-state index contributed by atoms with van der Waals surface area (Å²) in [6.45, 7) is 4.79. The molecule has 11 rings (SSSR count). The predicted molar refractivity (Wildman–Crippen MR) is 212 cm³/mol. The van der Waals surface area contributed by atoms with Crippen LogP contribution in [-0.2, 0) is 11.8 Å². The van der Waals surface area contributed by atoms with Crippen LogP contribution in [0.2, 0.25) is 0 Å². The Bertz CT molecular complexity index is 2860. The van der Waals surface area contributed by atoms with Crippen molar-refractivity contribution in [2.75, 3.05) is 0 Å². The molecule has 2 aromatic heterocycles. The number of rotatable bonds is 4. The number of hydrogen-bond acceptors (Lipinski definition) is 2. The zero-order valence-corrected chi connectivity index (χ0v) is 28.9. The van der Waals surface area contributed by atoms with Crippen molar-refractivity contribution in [1.82, 2.24) is 0 Å². The van der Waals surface area contributed by atoms with E-state index in [-0.39, 0.29) is 5.41 Å². The quantitative estimate of drug-likeness (QED) is 0.183. The second-order valence-electron chi connectivity index (χ2n) is 14.7. The average Bonchev–Trinajstić information content (AvgIpc) is 3.87. The zero-order chi connectivity index (χ0) is 33.1. The van der Waals surface area contributed by atoms with Gasteiger partial charge in [0.1, 0.15) is 11.2 Å². The standard InChI is InChI=1S/C48H34OS/c1-48(2)40-17-7-5-13-32(40)39-26-37-30-12-4-3-11-29(30)31(38(37)27-41(39)48)23-21-28-22-24-36-45(25-28)50-44-20-10-16-34(47(36)44)33-15-9-19-43-46(33)35-14-6-8-18-42(35)49-43/h3-20,22,24-27,31H,21,23H2,1-2H3/t31-/m0/s1. The maximum Gasteiger partial charge on any atom is 0.136 e. The molecule has 2 aliphatic rings. The van der Waals surface area contributed by atoms with E-state index < -0.39 is 0 Å². The number of para-hydroxylation sites is 1. The number of thiophene rings is 1. The van der Waals surface area contributed by atoms with E-state index in [9.17, 15) is 0 Å². The minimum atomic E-state index is 0.00157. The van der Waals surface area contributed by atoms with Gasteiger partial charge in [-0.15, -0.1) is 11.3 Å². The van der Waals surface area contributed by atoms with Gasteiger partial charge in [0.25, 0.3) is 0 Å². The van der Waals surface area contributed by atoms with Crippen molar-refractivity contribution in [3.05, 3.63) is 167 Å². The van der Waals surface area contributed by atoms with E-state index in [1.54, 1.807) is 0 Å². The summed E-state index contributed by atoms with van der Waals surface area (Å²) in [5.41, 5.74) is 17.3. The van der Waals surface area contributed by atoms with Crippen LogP contribution < -0.4 is 0 Å². The van der Waals surface area contributed by atoms with Crippen LogP contribution in [0, 0.1) is 0 Å². The fourth-order valence-electron chi connectivity index (χ4n) is 9.37. The van der Waals surface area contributed by atoms with Gasteiger partial charge in [0, 0.05) is 42.3 Å². The smallest absolute Gasteiger partial charge is 0.136 e. The average molecular weight is 659 g/mol. The van der Waals surface area contributed by atoms with Crippen LogP contribution >= 0.6 is 11.3 Å². The molecule has 0 saturated carbocycles. The SMILES string of the molecule is CC1(C)c2ccccc2-c2cc3c(cc21)[C@@H](CCc1ccc2c(c1)sc1cccc(-c4cccc5oc6ccccc6c45)c12)c1ccccc1-3. The Balaban J connectivity index is 0.979. The Labute approximate surface area is 295 Å². The largest absolute Gasteiger partial charge is 0.456 e. The molecule has 7 aromatic carbocycles. The number of hydrogen-bond donors (Lipinski definition) is 0. The van der Waals surface area contributed by atoms with Gasteiger partial charge in [-0.05, 0) is 104 Å². The summed E-state index contributed by atoms with van der Waals surface area (Å²) in [5.74, 6) is 0.390. The van der Waals surface area contributed by atoms with Crippen molar-refractivity contribution in [2.45, 2.75) is 38.0 Å². The van der Waals surface area contributed by atoms with Crippen LogP contribution in [0.5, 0.6) is 0 Å². The molecule has 238 valence electrons. The van der Waals surface area contributed by atoms with Gasteiger partial charge in [-0.2, -0.15) is 0 Å². The van der Waals surface area contributed by atoms with Gasteiger partial charge in [-0.3, -0.25) is 0 Å². The van der Waals surface area contributed by atoms with Gasteiger partial charge in [-0.25, -0.2) is 0 Å². The maximum absolute atomic E-state index is 6.27. The van der Waals surface area contributed by atoms with E-state index in [4.69, 9.17) is 4.42 Å². The zero-order valence-electron chi connectivity index (χ0n) is 28.1. The van der Waals surface area contributed by atoms with Crippen molar-refractivity contribution in [2.24, 2.45) is 0 Å². The van der Waals surface area contributed by atoms with Crippen molar-refractivity contribution in [3.63, 3.8) is 0 Å². The van der Waals surface area contributed by atoms with E-state index in [1.165, 1.54) is 92.1 Å². The number of benzene rings is 7. The number of aryl methyl sites for hydroxylation is 1. The molecule has 0 saturated heterocycles. The highest BCUT2D eigenvalue weighted by Crippen LogP contribution is 2.55. The third kappa shape index (κ3) is 3.88. The molecule has 0 N–H and O–H groups in total. The maximum atomic E-state index is 6.27. The van der Waals surface area contributed by atoms with Gasteiger partial charge in [0.2, 0.25) is 0 Å². The highest BCUT2D eigenvalue weighted by atomic mass is 32.1. The van der Waals surface area contributed by atoms with E-state index in [2.05, 4.69) is 147 Å². The summed E-state index contributed by atoms with van der Waals surface area (Å²) < 4.78 is 8.96. The molecular formula is C48H34OS. The highest BCUT2D eigenvalue weighted by molar-refractivity contribution is 7.26. The van der Waals surface area contributed by atoms with E-state index in [1.807, 2.05) is 17.4 Å². The molecule has 0 unspecified atom stereocenters. The minimum absolute atomic E-state index is 0.00157. The van der Waals surface area contributed by atoms with Crippen LogP contribution in [0.4, 0.5) is 0 Å². The first kappa shape index (κ1) is 28.4. The Morgan fingerprint density at radius 2 is 1.26 bits per heavy atom. The molecule has 9 aromatic rings. The van der Waals surface area contributed by atoms with Crippen LogP contribution in [-0.4, -0.2) is 0 Å². The molecule has 0 bridgehead atoms. The third-order valence-corrected chi connectivity index (χ3v) is 12.8. The lowest BCUT2D eigenvalue weighted by Crippen LogP contribution is -2.15. The Morgan fingerprint density at radius 3 is 2.18 bits per heavy atom. The second kappa shape index (κ2) is 10.3. The van der Waals surface area contributed by atoms with Crippen molar-refractivity contribution < 1.29 is 4.42 Å². The molecule has 0 fully saturated rings. The molecule has 0 aliphatic heterocycles. The fraction of sp³-hybridized carbons (Fsp3) is 0.125. The summed E-state index contributed by atoms with van der Waals surface area (Å²) in [4.78, 5) is 0. The molecular weight excluding hydrogens is 625 g/mol. The fourth-order valence-corrected chi connectivity index (χ4v) is 10.6. The summed E-state index contributed by atoms with van der Waals surface area (Å²) in [6, 6.07) is 52.0. The number of furan rings is 1. The lowest BCUT2D eigenvalue weighted by Gasteiger charge is -2.23. The number of fused-ring (bicyclic) bond motifs is 12. The van der Waals surface area contributed by atoms with Gasteiger partial charge in [0.05, 0.1) is 0 Å². The van der Waals surface area contributed by atoms with Gasteiger partial charge >= 0.3 is 0 Å². The summed E-state index contributed by atoms with van der Waals surface area (Å²) >= 11 is 1.91. The van der Waals surface area contributed by atoms with E-state index in [0.717, 1.165) is 24.0 Å². The molecule has 2 aliphatic carbocycles. The lowest BCUT2D eigenvalue weighted by molar-refractivity contribution is 0.656. The summed E-state index contributed by atoms with van der Waals surface area (Å²) in [7, 11) is 0. The van der Waals surface area contributed by atoms with Gasteiger partial charge in [0.15, 0.2) is 0 Å². The lowest BCUT2D eigenvalue weighted by atomic mass is 9.80. The Kier molecular flexibility index (Phi) is 5.85. The minimum Gasteiger partial charge on any atom is -0.456 e. The van der Waals surface area contributed by atoms with Crippen molar-refractivity contribution in [3.8, 4) is 33.4 Å². The molecule has 50 heavy (non-hydrogen) atoms. The van der Waals surface area contributed by atoms with Crippen LogP contribution in [0.25, 0.3) is 75.5 Å².